The van der Waals surface area contributed by atoms with Crippen LogP contribution in [0.25, 0.3) is 0 Å². The van der Waals surface area contributed by atoms with Crippen LogP contribution in [0.3, 0.4) is 0 Å². The van der Waals surface area contributed by atoms with Crippen molar-refractivity contribution < 1.29 is 9.90 Å². The van der Waals surface area contributed by atoms with E-state index in [1.54, 1.807) is 6.92 Å². The largest absolute Gasteiger partial charge is 0.391 e. The van der Waals surface area contributed by atoms with E-state index in [-0.39, 0.29) is 29.2 Å². The topological polar surface area (TPSA) is 43.8 Å². The lowest BCUT2D eigenvalue weighted by Gasteiger charge is -2.23. The van der Waals surface area contributed by atoms with E-state index in [0.717, 1.165) is 13.2 Å². The minimum absolute atomic E-state index is 0. The van der Waals surface area contributed by atoms with E-state index >= 15 is 0 Å². The first-order chi connectivity index (χ1) is 10.0. The smallest absolute Gasteiger partial charge is 0.160 e. The van der Waals surface area contributed by atoms with E-state index in [4.69, 9.17) is 0 Å². The van der Waals surface area contributed by atoms with Gasteiger partial charge in [-0.2, -0.15) is 0 Å². The molecule has 5 heteroatoms. The van der Waals surface area contributed by atoms with Crippen molar-refractivity contribution in [1.29, 1.82) is 0 Å². The number of nitrogens with zero attached hydrogens (tertiary/aromatic N) is 2. The van der Waals surface area contributed by atoms with Gasteiger partial charge < -0.3 is 14.9 Å². The SMILES string of the molecule is Br.C=C(C)C(=O)CC(O)CN1C=CN(CCCCCCC)C1. The number of Topliss-reactive ketones (excluding diaryl/α,β-unsaturated/α-hetero) is 1. The van der Waals surface area contributed by atoms with Gasteiger partial charge in [0.2, 0.25) is 0 Å². The molecule has 0 aromatic carbocycles. The van der Waals surface area contributed by atoms with Gasteiger partial charge in [-0.1, -0.05) is 39.2 Å². The Labute approximate surface area is 145 Å². The Morgan fingerprint density at radius 1 is 1.23 bits per heavy atom. The fourth-order valence-corrected chi connectivity index (χ4v) is 2.42. The van der Waals surface area contributed by atoms with E-state index < -0.39 is 6.10 Å². The lowest BCUT2D eigenvalue weighted by molar-refractivity contribution is -0.117. The highest BCUT2D eigenvalue weighted by molar-refractivity contribution is 8.93. The third-order valence-electron chi connectivity index (χ3n) is 3.74. The van der Waals surface area contributed by atoms with Crippen molar-refractivity contribution >= 4 is 22.8 Å². The number of aliphatic hydroxyl groups excluding tert-OH is 1. The van der Waals surface area contributed by atoms with Crippen molar-refractivity contribution in [2.24, 2.45) is 0 Å². The van der Waals surface area contributed by atoms with Crippen molar-refractivity contribution in [2.45, 2.75) is 58.5 Å². The van der Waals surface area contributed by atoms with Crippen molar-refractivity contribution in [2.75, 3.05) is 19.8 Å². The quantitative estimate of drug-likeness (QED) is 0.444. The van der Waals surface area contributed by atoms with E-state index in [1.807, 2.05) is 6.20 Å². The highest BCUT2D eigenvalue weighted by Crippen LogP contribution is 2.11. The van der Waals surface area contributed by atoms with Crippen LogP contribution in [0.15, 0.2) is 24.6 Å². The first-order valence-electron chi connectivity index (χ1n) is 8.06. The number of carbonyl (C=O) groups excluding carboxylic acids is 1. The Balaban J connectivity index is 0.00000441. The molecule has 1 aliphatic heterocycles. The molecule has 1 unspecified atom stereocenters. The van der Waals surface area contributed by atoms with Crippen LogP contribution in [0, 0.1) is 0 Å². The third-order valence-corrected chi connectivity index (χ3v) is 3.74. The molecule has 22 heavy (non-hydrogen) atoms. The van der Waals surface area contributed by atoms with Gasteiger partial charge in [0.05, 0.1) is 12.8 Å². The molecule has 0 radical (unpaired) electrons. The standard InChI is InChI=1S/C17H30N2O2.BrH/c1-4-5-6-7-8-9-18-10-11-19(14-18)13-16(20)12-17(21)15(2)3;/h10-11,16,20H,2,4-9,12-14H2,1,3H3;1H. The maximum absolute atomic E-state index is 11.5. The van der Waals surface area contributed by atoms with Crippen molar-refractivity contribution in [3.63, 3.8) is 0 Å². The first kappa shape index (κ1) is 21.2. The number of β-amino-alcohol motifs (C(OH)–C–C–N with tert-alkyl or cyclic N) is 1. The number of halogens is 1. The third kappa shape index (κ3) is 8.59. The molecule has 128 valence electrons. The van der Waals surface area contributed by atoms with Gasteiger partial charge in [-0.3, -0.25) is 4.79 Å². The molecule has 0 aromatic heterocycles. The van der Waals surface area contributed by atoms with Crippen LogP contribution in [0.4, 0.5) is 0 Å². The van der Waals surface area contributed by atoms with Gasteiger partial charge in [0.25, 0.3) is 0 Å². The van der Waals surface area contributed by atoms with Crippen LogP contribution in [-0.2, 0) is 4.79 Å². The highest BCUT2D eigenvalue weighted by Gasteiger charge is 2.17. The zero-order valence-electron chi connectivity index (χ0n) is 14.0. The Morgan fingerprint density at radius 2 is 1.86 bits per heavy atom. The summed E-state index contributed by atoms with van der Waals surface area (Å²) in [6, 6.07) is 0. The molecule has 1 atom stereocenters. The van der Waals surface area contributed by atoms with E-state index in [9.17, 15) is 9.90 Å². The summed E-state index contributed by atoms with van der Waals surface area (Å²) in [7, 11) is 0. The fourth-order valence-electron chi connectivity index (χ4n) is 2.42. The summed E-state index contributed by atoms with van der Waals surface area (Å²) in [5.74, 6) is -0.0570. The maximum atomic E-state index is 11.5. The van der Waals surface area contributed by atoms with Crippen LogP contribution < -0.4 is 0 Å². The summed E-state index contributed by atoms with van der Waals surface area (Å²) in [5, 5.41) is 9.93. The minimum atomic E-state index is -0.622. The van der Waals surface area contributed by atoms with E-state index in [0.29, 0.717) is 12.1 Å². The normalized spacial score (nSPS) is 14.9. The van der Waals surface area contributed by atoms with Crippen LogP contribution in [-0.4, -0.2) is 46.6 Å². The fraction of sp³-hybridized carbons (Fsp3) is 0.706. The summed E-state index contributed by atoms with van der Waals surface area (Å²) < 4.78 is 0. The molecule has 0 spiro atoms. The van der Waals surface area contributed by atoms with Crippen LogP contribution in [0.2, 0.25) is 0 Å². The van der Waals surface area contributed by atoms with Gasteiger partial charge >= 0.3 is 0 Å². The minimum Gasteiger partial charge on any atom is -0.391 e. The van der Waals surface area contributed by atoms with Crippen LogP contribution in [0.1, 0.15) is 52.4 Å². The molecule has 0 fully saturated rings. The number of ketones is 1. The Bertz CT molecular complexity index is 372. The summed E-state index contributed by atoms with van der Waals surface area (Å²) >= 11 is 0. The number of aliphatic hydroxyl groups is 1. The molecule has 0 bridgehead atoms. The second kappa shape index (κ2) is 11.7. The monoisotopic (exact) mass is 374 g/mol. The number of allylic oxidation sites excluding steroid dienone is 1. The number of unbranched alkanes of at least 4 members (excludes halogenated alkanes) is 4. The molecule has 0 aliphatic carbocycles. The molecule has 1 N–H and O–H groups in total. The second-order valence-electron chi connectivity index (χ2n) is 6.00. The Kier molecular flexibility index (Phi) is 11.3. The van der Waals surface area contributed by atoms with Crippen molar-refractivity contribution in [1.82, 2.24) is 9.80 Å². The van der Waals surface area contributed by atoms with Gasteiger partial charge in [-0.25, -0.2) is 0 Å². The molecular formula is C17H31BrN2O2. The molecular weight excluding hydrogens is 344 g/mol. The molecule has 1 aliphatic rings. The molecule has 0 aromatic rings. The molecule has 4 nitrogen and oxygen atoms in total. The van der Waals surface area contributed by atoms with Gasteiger partial charge in [-0.15, -0.1) is 17.0 Å². The molecule has 0 saturated carbocycles. The average molecular weight is 375 g/mol. The van der Waals surface area contributed by atoms with Gasteiger partial charge in [-0.05, 0) is 18.9 Å². The Hall–Kier alpha value is -0.810. The van der Waals surface area contributed by atoms with E-state index in [2.05, 4.69) is 29.5 Å². The first-order valence-corrected chi connectivity index (χ1v) is 8.06. The lowest BCUT2D eigenvalue weighted by atomic mass is 10.1. The predicted molar refractivity (Wildman–Crippen MR) is 96.9 cm³/mol. The average Bonchev–Trinajstić information content (AvgIpc) is 2.85. The zero-order chi connectivity index (χ0) is 15.7. The van der Waals surface area contributed by atoms with Crippen molar-refractivity contribution in [3.8, 4) is 0 Å². The number of hydrogen-bond donors (Lipinski definition) is 1. The highest BCUT2D eigenvalue weighted by atomic mass is 79.9. The van der Waals surface area contributed by atoms with Crippen LogP contribution in [0.5, 0.6) is 0 Å². The molecule has 0 amide bonds. The van der Waals surface area contributed by atoms with E-state index in [1.165, 1.54) is 32.1 Å². The molecule has 1 rings (SSSR count). The summed E-state index contributed by atoms with van der Waals surface area (Å²) in [6.07, 6.45) is 10.0. The van der Waals surface area contributed by atoms with Gasteiger partial charge in [0.1, 0.15) is 0 Å². The summed E-state index contributed by atoms with van der Waals surface area (Å²) in [5.41, 5.74) is 0.514. The predicted octanol–water partition coefficient (Wildman–Crippen LogP) is 3.48. The maximum Gasteiger partial charge on any atom is 0.160 e. The number of rotatable bonds is 11. The lowest BCUT2D eigenvalue weighted by Crippen LogP contribution is -2.33. The Morgan fingerprint density at radius 3 is 2.50 bits per heavy atom. The van der Waals surface area contributed by atoms with Crippen LogP contribution >= 0.6 is 17.0 Å². The van der Waals surface area contributed by atoms with Gasteiger partial charge in [0, 0.05) is 31.9 Å². The summed E-state index contributed by atoms with van der Waals surface area (Å²) in [4.78, 5) is 15.8. The molecule has 1 heterocycles. The summed E-state index contributed by atoms with van der Waals surface area (Å²) in [6.45, 7) is 9.90. The second-order valence-corrected chi connectivity index (χ2v) is 6.00. The number of carbonyl (C=O) groups is 1. The molecule has 0 saturated heterocycles. The zero-order valence-corrected chi connectivity index (χ0v) is 15.7. The number of hydrogen-bond acceptors (Lipinski definition) is 4. The van der Waals surface area contributed by atoms with Gasteiger partial charge in [0.15, 0.2) is 5.78 Å². The van der Waals surface area contributed by atoms with Crippen molar-refractivity contribution in [3.05, 3.63) is 24.6 Å².